The summed E-state index contributed by atoms with van der Waals surface area (Å²) < 4.78 is 0. The molecule has 0 bridgehead atoms. The first-order valence-corrected chi connectivity index (χ1v) is 6.35. The van der Waals surface area contributed by atoms with E-state index in [0.717, 1.165) is 45.6 Å². The molecule has 1 aliphatic rings. The summed E-state index contributed by atoms with van der Waals surface area (Å²) in [7, 11) is 0. The van der Waals surface area contributed by atoms with Gasteiger partial charge in [-0.15, -0.1) is 0 Å². The maximum atomic E-state index is 10.4. The molecule has 1 aliphatic heterocycles. The largest absolute Gasteiger partial charge is 0.388 e. The number of rotatable bonds is 6. The van der Waals surface area contributed by atoms with Crippen LogP contribution in [0, 0.1) is 0 Å². The molecule has 15 heavy (non-hydrogen) atoms. The molecule has 1 rings (SSSR count). The average molecular weight is 214 g/mol. The first kappa shape index (κ1) is 12.9. The first-order valence-electron chi connectivity index (χ1n) is 6.35. The summed E-state index contributed by atoms with van der Waals surface area (Å²) in [5.74, 6) is 0. The summed E-state index contributed by atoms with van der Waals surface area (Å²) in [6.45, 7) is 9.42. The molecule has 1 fully saturated rings. The van der Waals surface area contributed by atoms with Crippen molar-refractivity contribution in [3.05, 3.63) is 0 Å². The van der Waals surface area contributed by atoms with Gasteiger partial charge in [-0.2, -0.15) is 0 Å². The molecule has 0 radical (unpaired) electrons. The van der Waals surface area contributed by atoms with E-state index in [1.54, 1.807) is 0 Å². The van der Waals surface area contributed by atoms with Crippen molar-refractivity contribution < 1.29 is 5.11 Å². The summed E-state index contributed by atoms with van der Waals surface area (Å²) in [4.78, 5) is 2.41. The molecule has 1 saturated heterocycles. The third-order valence-electron chi connectivity index (χ3n) is 3.13. The fraction of sp³-hybridized carbons (Fsp3) is 1.00. The van der Waals surface area contributed by atoms with Crippen molar-refractivity contribution in [3.63, 3.8) is 0 Å². The van der Waals surface area contributed by atoms with E-state index >= 15 is 0 Å². The van der Waals surface area contributed by atoms with E-state index in [2.05, 4.69) is 24.1 Å². The van der Waals surface area contributed by atoms with Crippen LogP contribution in [0.4, 0.5) is 0 Å². The average Bonchev–Trinajstić information content (AvgIpc) is 2.19. The summed E-state index contributed by atoms with van der Waals surface area (Å²) in [5, 5.41) is 13.7. The minimum Gasteiger partial charge on any atom is -0.388 e. The minimum absolute atomic E-state index is 0.435. The number of hydrogen-bond acceptors (Lipinski definition) is 3. The molecule has 0 aromatic carbocycles. The van der Waals surface area contributed by atoms with Gasteiger partial charge in [0.05, 0.1) is 5.60 Å². The SMILES string of the molecule is CCCN(CCC)CC1(O)CCNCC1. The van der Waals surface area contributed by atoms with E-state index in [-0.39, 0.29) is 0 Å². The number of aliphatic hydroxyl groups is 1. The van der Waals surface area contributed by atoms with Crippen LogP contribution in [-0.4, -0.2) is 48.3 Å². The van der Waals surface area contributed by atoms with Crippen molar-refractivity contribution in [1.29, 1.82) is 0 Å². The predicted octanol–water partition coefficient (Wildman–Crippen LogP) is 1.22. The lowest BCUT2D eigenvalue weighted by molar-refractivity contribution is -0.0208. The smallest absolute Gasteiger partial charge is 0.0798 e. The second-order valence-electron chi connectivity index (χ2n) is 4.75. The van der Waals surface area contributed by atoms with Crippen LogP contribution in [0.1, 0.15) is 39.5 Å². The highest BCUT2D eigenvalue weighted by Crippen LogP contribution is 2.19. The van der Waals surface area contributed by atoms with Gasteiger partial charge in [0.2, 0.25) is 0 Å². The van der Waals surface area contributed by atoms with Crippen molar-refractivity contribution in [2.75, 3.05) is 32.7 Å². The highest BCUT2D eigenvalue weighted by Gasteiger charge is 2.30. The molecule has 0 aromatic rings. The van der Waals surface area contributed by atoms with Crippen LogP contribution in [-0.2, 0) is 0 Å². The Morgan fingerprint density at radius 1 is 1.13 bits per heavy atom. The van der Waals surface area contributed by atoms with Gasteiger partial charge >= 0.3 is 0 Å². The Kier molecular flexibility index (Phi) is 5.58. The first-order chi connectivity index (χ1) is 7.20. The zero-order valence-corrected chi connectivity index (χ0v) is 10.3. The van der Waals surface area contributed by atoms with Crippen molar-refractivity contribution in [1.82, 2.24) is 10.2 Å². The fourth-order valence-corrected chi connectivity index (χ4v) is 2.37. The highest BCUT2D eigenvalue weighted by atomic mass is 16.3. The number of piperidine rings is 1. The van der Waals surface area contributed by atoms with Gasteiger partial charge in [-0.3, -0.25) is 0 Å². The lowest BCUT2D eigenvalue weighted by Gasteiger charge is -2.37. The quantitative estimate of drug-likeness (QED) is 0.698. The molecule has 0 saturated carbocycles. The molecule has 3 nitrogen and oxygen atoms in total. The molecule has 0 unspecified atom stereocenters. The third kappa shape index (κ3) is 4.49. The normalized spacial score (nSPS) is 20.8. The van der Waals surface area contributed by atoms with Gasteiger partial charge in [-0.1, -0.05) is 13.8 Å². The Morgan fingerprint density at radius 3 is 2.13 bits per heavy atom. The van der Waals surface area contributed by atoms with Crippen molar-refractivity contribution >= 4 is 0 Å². The van der Waals surface area contributed by atoms with Crippen molar-refractivity contribution in [3.8, 4) is 0 Å². The van der Waals surface area contributed by atoms with E-state index in [0.29, 0.717) is 0 Å². The van der Waals surface area contributed by atoms with Gasteiger partial charge < -0.3 is 15.3 Å². The molecule has 90 valence electrons. The summed E-state index contributed by atoms with van der Waals surface area (Å²) in [6.07, 6.45) is 4.15. The summed E-state index contributed by atoms with van der Waals surface area (Å²) >= 11 is 0. The Morgan fingerprint density at radius 2 is 1.67 bits per heavy atom. The van der Waals surface area contributed by atoms with Gasteiger partial charge in [-0.25, -0.2) is 0 Å². The Bertz CT molecular complexity index is 161. The summed E-state index contributed by atoms with van der Waals surface area (Å²) in [6, 6.07) is 0. The molecule has 0 amide bonds. The van der Waals surface area contributed by atoms with Crippen LogP contribution in [0.3, 0.4) is 0 Å². The van der Waals surface area contributed by atoms with Crippen LogP contribution in [0.5, 0.6) is 0 Å². The Hall–Kier alpha value is -0.120. The van der Waals surface area contributed by atoms with E-state index in [4.69, 9.17) is 0 Å². The zero-order chi connectivity index (χ0) is 11.1. The lowest BCUT2D eigenvalue weighted by atomic mass is 9.92. The van der Waals surface area contributed by atoms with Gasteiger partial charge in [0.1, 0.15) is 0 Å². The number of hydrogen-bond donors (Lipinski definition) is 2. The summed E-state index contributed by atoms with van der Waals surface area (Å²) in [5.41, 5.74) is -0.435. The minimum atomic E-state index is -0.435. The fourth-order valence-electron chi connectivity index (χ4n) is 2.37. The van der Waals surface area contributed by atoms with E-state index in [1.165, 1.54) is 12.8 Å². The molecule has 2 N–H and O–H groups in total. The van der Waals surface area contributed by atoms with E-state index < -0.39 is 5.60 Å². The maximum Gasteiger partial charge on any atom is 0.0798 e. The van der Waals surface area contributed by atoms with Crippen LogP contribution >= 0.6 is 0 Å². The molecule has 0 atom stereocenters. The standard InChI is InChI=1S/C12H26N2O/c1-3-9-14(10-4-2)11-12(15)5-7-13-8-6-12/h13,15H,3-11H2,1-2H3. The third-order valence-corrected chi connectivity index (χ3v) is 3.13. The number of nitrogens with zero attached hydrogens (tertiary/aromatic N) is 1. The Labute approximate surface area is 93.9 Å². The molecule has 0 spiro atoms. The monoisotopic (exact) mass is 214 g/mol. The van der Waals surface area contributed by atoms with Crippen LogP contribution < -0.4 is 5.32 Å². The van der Waals surface area contributed by atoms with Crippen LogP contribution in [0.25, 0.3) is 0 Å². The van der Waals surface area contributed by atoms with E-state index in [9.17, 15) is 5.11 Å². The van der Waals surface area contributed by atoms with Gasteiger partial charge in [-0.05, 0) is 51.9 Å². The van der Waals surface area contributed by atoms with Crippen LogP contribution in [0.2, 0.25) is 0 Å². The van der Waals surface area contributed by atoms with Crippen molar-refractivity contribution in [2.45, 2.75) is 45.1 Å². The second kappa shape index (κ2) is 6.46. The van der Waals surface area contributed by atoms with Gasteiger partial charge in [0, 0.05) is 6.54 Å². The topological polar surface area (TPSA) is 35.5 Å². The predicted molar refractivity (Wildman–Crippen MR) is 64.1 cm³/mol. The molecule has 0 aliphatic carbocycles. The zero-order valence-electron chi connectivity index (χ0n) is 10.3. The van der Waals surface area contributed by atoms with Crippen molar-refractivity contribution in [2.24, 2.45) is 0 Å². The molecule has 1 heterocycles. The van der Waals surface area contributed by atoms with Gasteiger partial charge in [0.25, 0.3) is 0 Å². The van der Waals surface area contributed by atoms with E-state index in [1.807, 2.05) is 0 Å². The lowest BCUT2D eigenvalue weighted by Crippen LogP contribution is -2.50. The Balaban J connectivity index is 2.39. The molecular weight excluding hydrogens is 188 g/mol. The maximum absolute atomic E-state index is 10.4. The second-order valence-corrected chi connectivity index (χ2v) is 4.75. The molecule has 3 heteroatoms. The molecule has 0 aromatic heterocycles. The highest BCUT2D eigenvalue weighted by molar-refractivity contribution is 4.87. The molecular formula is C12H26N2O. The van der Waals surface area contributed by atoms with Crippen LogP contribution in [0.15, 0.2) is 0 Å². The number of nitrogens with one attached hydrogen (secondary N) is 1. The van der Waals surface area contributed by atoms with Gasteiger partial charge in [0.15, 0.2) is 0 Å².